The Morgan fingerprint density at radius 2 is 2.19 bits per heavy atom. The van der Waals surface area contributed by atoms with Crippen LogP contribution < -0.4 is 5.69 Å². The van der Waals surface area contributed by atoms with Gasteiger partial charge in [-0.25, -0.2) is 9.89 Å². The second-order valence-electron chi connectivity index (χ2n) is 5.55. The zero-order chi connectivity index (χ0) is 14.7. The zero-order valence-corrected chi connectivity index (χ0v) is 11.8. The largest absolute Gasteiger partial charge is 0.388 e. The summed E-state index contributed by atoms with van der Waals surface area (Å²) < 4.78 is 0. The first-order valence-corrected chi connectivity index (χ1v) is 7.33. The number of nitrogens with one attached hydrogen (secondary N) is 2. The quantitative estimate of drug-likeness (QED) is 0.771. The molecule has 2 heterocycles. The first kappa shape index (κ1) is 14.0. The summed E-state index contributed by atoms with van der Waals surface area (Å²) in [5.41, 5.74) is 0.683. The Bertz CT molecular complexity index is 622. The summed E-state index contributed by atoms with van der Waals surface area (Å²) in [6, 6.07) is 10.1. The molecule has 1 aliphatic heterocycles. The minimum Gasteiger partial charge on any atom is -0.388 e. The predicted octanol–water partition coefficient (Wildman–Crippen LogP) is 1.19. The van der Waals surface area contributed by atoms with E-state index in [2.05, 4.69) is 20.1 Å². The summed E-state index contributed by atoms with van der Waals surface area (Å²) in [4.78, 5) is 16.0. The van der Waals surface area contributed by atoms with Crippen molar-refractivity contribution in [2.24, 2.45) is 0 Å². The number of nitrogens with zero attached hydrogens (tertiary/aromatic N) is 2. The Hall–Kier alpha value is -1.92. The molecular formula is C15H20N4O2. The van der Waals surface area contributed by atoms with Crippen LogP contribution in [-0.4, -0.2) is 37.8 Å². The maximum Gasteiger partial charge on any atom is 0.340 e. The van der Waals surface area contributed by atoms with E-state index in [1.807, 2.05) is 30.3 Å². The van der Waals surface area contributed by atoms with E-state index in [4.69, 9.17) is 0 Å². The Balaban J connectivity index is 1.63. The Morgan fingerprint density at radius 1 is 1.38 bits per heavy atom. The van der Waals surface area contributed by atoms with E-state index in [1.165, 1.54) is 0 Å². The van der Waals surface area contributed by atoms with Crippen LogP contribution in [0.5, 0.6) is 0 Å². The van der Waals surface area contributed by atoms with Crippen molar-refractivity contribution in [3.63, 3.8) is 0 Å². The molecule has 112 valence electrons. The van der Waals surface area contributed by atoms with Crippen molar-refractivity contribution in [3.8, 4) is 0 Å². The fraction of sp³-hybridized carbons (Fsp3) is 0.467. The van der Waals surface area contributed by atoms with Crippen molar-refractivity contribution in [3.05, 3.63) is 52.2 Å². The van der Waals surface area contributed by atoms with Gasteiger partial charge in [-0.15, -0.1) is 0 Å². The molecule has 0 radical (unpaired) electrons. The van der Waals surface area contributed by atoms with E-state index in [1.54, 1.807) is 0 Å². The molecule has 0 aliphatic carbocycles. The van der Waals surface area contributed by atoms with Crippen LogP contribution in [0.1, 0.15) is 36.8 Å². The number of benzene rings is 1. The number of H-pyrrole nitrogens is 2. The molecule has 3 N–H and O–H groups in total. The average molecular weight is 288 g/mol. The molecule has 0 spiro atoms. The van der Waals surface area contributed by atoms with Gasteiger partial charge in [0.05, 0.1) is 12.6 Å². The summed E-state index contributed by atoms with van der Waals surface area (Å²) in [6.45, 7) is 1.59. The van der Waals surface area contributed by atoms with Crippen LogP contribution >= 0.6 is 0 Å². The maximum atomic E-state index is 11.1. The highest BCUT2D eigenvalue weighted by Gasteiger charge is 2.27. The van der Waals surface area contributed by atoms with Crippen molar-refractivity contribution < 1.29 is 5.11 Å². The average Bonchev–Trinajstić information content (AvgIpc) is 3.10. The lowest BCUT2D eigenvalue weighted by molar-refractivity contribution is 0.117. The molecule has 2 atom stereocenters. The molecule has 3 rings (SSSR count). The lowest BCUT2D eigenvalue weighted by Crippen LogP contribution is -2.31. The molecule has 0 bridgehead atoms. The van der Waals surface area contributed by atoms with Crippen molar-refractivity contribution >= 4 is 0 Å². The molecule has 1 aromatic heterocycles. The van der Waals surface area contributed by atoms with Crippen LogP contribution in [0.3, 0.4) is 0 Å². The first-order chi connectivity index (χ1) is 10.2. The summed E-state index contributed by atoms with van der Waals surface area (Å²) >= 11 is 0. The van der Waals surface area contributed by atoms with Gasteiger partial charge in [-0.05, 0) is 31.4 Å². The highest BCUT2D eigenvalue weighted by Crippen LogP contribution is 2.27. The molecule has 0 saturated carbocycles. The van der Waals surface area contributed by atoms with Gasteiger partial charge in [0, 0.05) is 6.04 Å². The fourth-order valence-corrected chi connectivity index (χ4v) is 3.01. The van der Waals surface area contributed by atoms with Crippen LogP contribution in [0.15, 0.2) is 35.1 Å². The number of hydrogen-bond acceptors (Lipinski definition) is 4. The zero-order valence-electron chi connectivity index (χ0n) is 11.8. The normalized spacial score (nSPS) is 20.7. The van der Waals surface area contributed by atoms with E-state index in [9.17, 15) is 9.90 Å². The summed E-state index contributed by atoms with van der Waals surface area (Å²) in [6.07, 6.45) is 2.44. The van der Waals surface area contributed by atoms with Crippen molar-refractivity contribution in [1.29, 1.82) is 0 Å². The highest BCUT2D eigenvalue weighted by molar-refractivity contribution is 5.17. The smallest absolute Gasteiger partial charge is 0.340 e. The Kier molecular flexibility index (Phi) is 4.17. The van der Waals surface area contributed by atoms with Gasteiger partial charge in [0.25, 0.3) is 0 Å². The lowest BCUT2D eigenvalue weighted by atomic mass is 10.0. The second kappa shape index (κ2) is 6.24. The molecule has 0 amide bonds. The summed E-state index contributed by atoms with van der Waals surface area (Å²) in [5.74, 6) is 0.654. The molecule has 6 heteroatoms. The SMILES string of the molecule is O=c1[nH]nc(CN2CCCC2CC(O)c2ccccc2)[nH]1. The number of aliphatic hydroxyl groups excluding tert-OH is 1. The Morgan fingerprint density at radius 3 is 2.90 bits per heavy atom. The summed E-state index contributed by atoms with van der Waals surface area (Å²) in [7, 11) is 0. The van der Waals surface area contributed by atoms with Crippen LogP contribution in [-0.2, 0) is 6.54 Å². The number of aromatic amines is 2. The number of hydrogen-bond donors (Lipinski definition) is 3. The molecule has 1 aliphatic rings. The van der Waals surface area contributed by atoms with Gasteiger partial charge in [-0.2, -0.15) is 5.10 Å². The van der Waals surface area contributed by atoms with Gasteiger partial charge in [0.1, 0.15) is 5.82 Å². The van der Waals surface area contributed by atoms with Gasteiger partial charge in [-0.3, -0.25) is 9.88 Å². The van der Waals surface area contributed by atoms with E-state index >= 15 is 0 Å². The number of aromatic nitrogens is 3. The van der Waals surface area contributed by atoms with Crippen molar-refractivity contribution in [2.75, 3.05) is 6.54 Å². The predicted molar refractivity (Wildman–Crippen MR) is 78.7 cm³/mol. The molecule has 1 fully saturated rings. The third-order valence-electron chi connectivity index (χ3n) is 4.08. The third kappa shape index (κ3) is 3.40. The minimum atomic E-state index is -0.449. The number of likely N-dealkylation sites (tertiary alicyclic amines) is 1. The fourth-order valence-electron chi connectivity index (χ4n) is 3.01. The highest BCUT2D eigenvalue weighted by atomic mass is 16.3. The van der Waals surface area contributed by atoms with Gasteiger partial charge in [-0.1, -0.05) is 30.3 Å². The van der Waals surface area contributed by atoms with Crippen LogP contribution in [0.2, 0.25) is 0 Å². The van der Waals surface area contributed by atoms with Crippen LogP contribution in [0, 0.1) is 0 Å². The lowest BCUT2D eigenvalue weighted by Gasteiger charge is -2.25. The molecule has 6 nitrogen and oxygen atoms in total. The number of aliphatic hydroxyl groups is 1. The molecule has 2 unspecified atom stereocenters. The van der Waals surface area contributed by atoms with Gasteiger partial charge >= 0.3 is 5.69 Å². The van der Waals surface area contributed by atoms with Gasteiger partial charge in [0.15, 0.2) is 0 Å². The minimum absolute atomic E-state index is 0.273. The van der Waals surface area contributed by atoms with Crippen LogP contribution in [0.4, 0.5) is 0 Å². The van der Waals surface area contributed by atoms with E-state index in [0.717, 1.165) is 24.9 Å². The van der Waals surface area contributed by atoms with Gasteiger partial charge in [0.2, 0.25) is 0 Å². The topological polar surface area (TPSA) is 85.0 Å². The van der Waals surface area contributed by atoms with Crippen molar-refractivity contribution in [1.82, 2.24) is 20.1 Å². The molecular weight excluding hydrogens is 268 g/mol. The van der Waals surface area contributed by atoms with E-state index in [-0.39, 0.29) is 5.69 Å². The first-order valence-electron chi connectivity index (χ1n) is 7.33. The van der Waals surface area contributed by atoms with Gasteiger partial charge < -0.3 is 5.11 Å². The monoisotopic (exact) mass is 288 g/mol. The molecule has 1 saturated heterocycles. The Labute approximate surface area is 122 Å². The van der Waals surface area contributed by atoms with Crippen LogP contribution in [0.25, 0.3) is 0 Å². The van der Waals surface area contributed by atoms with E-state index < -0.39 is 6.10 Å². The number of rotatable bonds is 5. The molecule has 2 aromatic rings. The summed E-state index contributed by atoms with van der Waals surface area (Å²) in [5, 5.41) is 16.7. The van der Waals surface area contributed by atoms with E-state index in [0.29, 0.717) is 24.8 Å². The standard InChI is InChI=1S/C15H20N4O2/c20-13(11-5-2-1-3-6-11)9-12-7-4-8-19(12)10-14-16-15(21)18-17-14/h1-3,5-6,12-13,20H,4,7-10H2,(H2,16,17,18,21). The second-order valence-corrected chi connectivity index (χ2v) is 5.55. The molecule has 1 aromatic carbocycles. The maximum absolute atomic E-state index is 11.1. The van der Waals surface area contributed by atoms with Crippen molar-refractivity contribution in [2.45, 2.75) is 38.0 Å². The molecule has 21 heavy (non-hydrogen) atoms. The third-order valence-corrected chi connectivity index (χ3v) is 4.08.